The Hall–Kier alpha value is -2.54. The molecule has 2 aromatic rings. The van der Waals surface area contributed by atoms with Crippen molar-refractivity contribution in [2.45, 2.75) is 63.4 Å². The number of thioether (sulfide) groups is 1. The predicted octanol–water partition coefficient (Wildman–Crippen LogP) is 4.93. The second kappa shape index (κ2) is 12.6. The van der Waals surface area contributed by atoms with Gasteiger partial charge in [0.1, 0.15) is 17.6 Å². The number of nitrogens with one attached hydrogen (secondary N) is 1. The summed E-state index contributed by atoms with van der Waals surface area (Å²) in [7, 11) is 1.63. The summed E-state index contributed by atoms with van der Waals surface area (Å²) in [5, 5.41) is 3.14. The third-order valence-corrected chi connectivity index (χ3v) is 7.00. The van der Waals surface area contributed by atoms with Crippen LogP contribution < -0.4 is 10.1 Å². The van der Waals surface area contributed by atoms with Gasteiger partial charge in [-0.05, 0) is 54.7 Å². The molecule has 178 valence electrons. The smallest absolute Gasteiger partial charge is 0.243 e. The first-order valence-electron chi connectivity index (χ1n) is 11.5. The number of halogens is 1. The molecule has 0 saturated heterocycles. The Kier molecular flexibility index (Phi) is 9.61. The van der Waals surface area contributed by atoms with Crippen LogP contribution in [0.1, 0.15) is 50.2 Å². The fourth-order valence-corrected chi connectivity index (χ4v) is 5.01. The van der Waals surface area contributed by atoms with Crippen LogP contribution in [0.25, 0.3) is 0 Å². The van der Waals surface area contributed by atoms with Crippen molar-refractivity contribution < 1.29 is 18.7 Å². The molecule has 1 atom stereocenters. The van der Waals surface area contributed by atoms with Crippen LogP contribution in [0.15, 0.2) is 48.5 Å². The highest BCUT2D eigenvalue weighted by Crippen LogP contribution is 2.21. The average Bonchev–Trinajstić information content (AvgIpc) is 3.33. The normalized spacial score (nSPS) is 14.6. The van der Waals surface area contributed by atoms with Crippen LogP contribution in [0.2, 0.25) is 0 Å². The van der Waals surface area contributed by atoms with E-state index in [1.54, 1.807) is 24.1 Å². The Balaban J connectivity index is 1.67. The summed E-state index contributed by atoms with van der Waals surface area (Å²) in [5.41, 5.74) is 1.90. The maximum atomic E-state index is 13.4. The Morgan fingerprint density at radius 3 is 2.33 bits per heavy atom. The summed E-state index contributed by atoms with van der Waals surface area (Å²) >= 11 is 1.52. The molecular formula is C26H33FN2O3S. The molecule has 1 saturated carbocycles. The number of benzene rings is 2. The quantitative estimate of drug-likeness (QED) is 0.504. The van der Waals surface area contributed by atoms with Crippen molar-refractivity contribution in [3.8, 4) is 5.75 Å². The molecule has 0 spiro atoms. The van der Waals surface area contributed by atoms with Gasteiger partial charge in [-0.1, -0.05) is 44.0 Å². The van der Waals surface area contributed by atoms with Crippen LogP contribution in [0.4, 0.5) is 4.39 Å². The Labute approximate surface area is 200 Å². The maximum Gasteiger partial charge on any atom is 0.243 e. The van der Waals surface area contributed by atoms with Gasteiger partial charge < -0.3 is 15.0 Å². The van der Waals surface area contributed by atoms with E-state index in [1.807, 2.05) is 31.2 Å². The van der Waals surface area contributed by atoms with Crippen LogP contribution in [0, 0.1) is 5.82 Å². The van der Waals surface area contributed by atoms with Crippen molar-refractivity contribution in [2.75, 3.05) is 12.9 Å². The molecule has 0 heterocycles. The van der Waals surface area contributed by atoms with Gasteiger partial charge >= 0.3 is 0 Å². The van der Waals surface area contributed by atoms with Gasteiger partial charge in [0.15, 0.2) is 0 Å². The van der Waals surface area contributed by atoms with Gasteiger partial charge in [-0.25, -0.2) is 4.39 Å². The highest BCUT2D eigenvalue weighted by atomic mass is 32.2. The molecule has 1 N–H and O–H groups in total. The minimum Gasteiger partial charge on any atom is -0.497 e. The van der Waals surface area contributed by atoms with E-state index >= 15 is 0 Å². The van der Waals surface area contributed by atoms with Crippen LogP contribution in [0.5, 0.6) is 5.75 Å². The van der Waals surface area contributed by atoms with Gasteiger partial charge in [0, 0.05) is 18.3 Å². The molecule has 0 aliphatic heterocycles. The molecule has 7 heteroatoms. The van der Waals surface area contributed by atoms with Gasteiger partial charge in [-0.3, -0.25) is 9.59 Å². The van der Waals surface area contributed by atoms with Gasteiger partial charge in [-0.15, -0.1) is 11.8 Å². The van der Waals surface area contributed by atoms with E-state index in [0.29, 0.717) is 12.2 Å². The lowest BCUT2D eigenvalue weighted by Crippen LogP contribution is -2.51. The number of carbonyl (C=O) groups is 2. The standard InChI is InChI=1S/C26H33FN2O3S/c1-3-24(26(31)28-22-6-4-5-7-22)29(16-19-8-12-21(27)13-9-19)25(30)18-33-17-20-10-14-23(32-2)15-11-20/h8-15,22,24H,3-7,16-18H2,1-2H3,(H,28,31)/t24-/m1/s1. The zero-order valence-electron chi connectivity index (χ0n) is 19.4. The number of hydrogen-bond donors (Lipinski definition) is 1. The summed E-state index contributed by atoms with van der Waals surface area (Å²) in [5.74, 6) is 1.24. The average molecular weight is 473 g/mol. The molecule has 1 fully saturated rings. The monoisotopic (exact) mass is 472 g/mol. The summed E-state index contributed by atoms with van der Waals surface area (Å²) in [4.78, 5) is 28.0. The van der Waals surface area contributed by atoms with Crippen LogP contribution in [-0.4, -0.2) is 41.7 Å². The molecule has 33 heavy (non-hydrogen) atoms. The van der Waals surface area contributed by atoms with Crippen molar-refractivity contribution in [2.24, 2.45) is 0 Å². The SMILES string of the molecule is CC[C@H](C(=O)NC1CCCC1)N(Cc1ccc(F)cc1)C(=O)CSCc1ccc(OC)cc1. The van der Waals surface area contributed by atoms with E-state index in [9.17, 15) is 14.0 Å². The van der Waals surface area contributed by atoms with E-state index in [0.717, 1.165) is 42.6 Å². The third-order valence-electron chi connectivity index (χ3n) is 6.01. The second-order valence-electron chi connectivity index (χ2n) is 8.40. The molecule has 0 aromatic heterocycles. The van der Waals surface area contributed by atoms with Gasteiger partial charge in [-0.2, -0.15) is 0 Å². The molecule has 0 unspecified atom stereocenters. The Bertz CT molecular complexity index is 899. The van der Waals surface area contributed by atoms with E-state index in [-0.39, 0.29) is 36.0 Å². The first-order valence-corrected chi connectivity index (χ1v) is 12.7. The van der Waals surface area contributed by atoms with Gasteiger partial charge in [0.25, 0.3) is 0 Å². The number of rotatable bonds is 11. The van der Waals surface area contributed by atoms with Crippen LogP contribution in [-0.2, 0) is 21.9 Å². The largest absolute Gasteiger partial charge is 0.497 e. The van der Waals surface area contributed by atoms with Gasteiger partial charge in [0.2, 0.25) is 11.8 Å². The minimum absolute atomic E-state index is 0.0914. The summed E-state index contributed by atoms with van der Waals surface area (Å²) < 4.78 is 18.6. The molecule has 3 rings (SSSR count). The van der Waals surface area contributed by atoms with Crippen LogP contribution >= 0.6 is 11.8 Å². The zero-order chi connectivity index (χ0) is 23.6. The first kappa shape index (κ1) is 25.1. The van der Waals surface area contributed by atoms with E-state index in [2.05, 4.69) is 5.32 Å². The Morgan fingerprint density at radius 2 is 1.73 bits per heavy atom. The van der Waals surface area contributed by atoms with Crippen molar-refractivity contribution in [3.63, 3.8) is 0 Å². The maximum absolute atomic E-state index is 13.4. The number of amides is 2. The third kappa shape index (κ3) is 7.49. The lowest BCUT2D eigenvalue weighted by atomic mass is 10.1. The fourth-order valence-electron chi connectivity index (χ4n) is 4.13. The molecule has 1 aliphatic carbocycles. The van der Waals surface area contributed by atoms with Crippen molar-refractivity contribution in [1.29, 1.82) is 0 Å². The van der Waals surface area contributed by atoms with E-state index in [1.165, 1.54) is 23.9 Å². The zero-order valence-corrected chi connectivity index (χ0v) is 20.2. The molecular weight excluding hydrogens is 439 g/mol. The molecule has 2 amide bonds. The molecule has 1 aliphatic rings. The highest BCUT2D eigenvalue weighted by Gasteiger charge is 2.30. The van der Waals surface area contributed by atoms with Crippen LogP contribution in [0.3, 0.4) is 0 Å². The topological polar surface area (TPSA) is 58.6 Å². The van der Waals surface area contributed by atoms with E-state index < -0.39 is 6.04 Å². The lowest BCUT2D eigenvalue weighted by Gasteiger charge is -2.31. The predicted molar refractivity (Wildman–Crippen MR) is 131 cm³/mol. The minimum atomic E-state index is -0.551. The summed E-state index contributed by atoms with van der Waals surface area (Å²) in [6.45, 7) is 2.20. The molecule has 0 radical (unpaired) electrons. The van der Waals surface area contributed by atoms with E-state index in [4.69, 9.17) is 4.74 Å². The fraction of sp³-hybridized carbons (Fsp3) is 0.462. The molecule has 2 aromatic carbocycles. The highest BCUT2D eigenvalue weighted by molar-refractivity contribution is 7.99. The summed E-state index contributed by atoms with van der Waals surface area (Å²) in [6.07, 6.45) is 4.76. The molecule has 0 bridgehead atoms. The molecule has 5 nitrogen and oxygen atoms in total. The first-order chi connectivity index (χ1) is 16.0. The number of methoxy groups -OCH3 is 1. The number of hydrogen-bond acceptors (Lipinski definition) is 4. The van der Waals surface area contributed by atoms with Crippen molar-refractivity contribution >= 4 is 23.6 Å². The lowest BCUT2D eigenvalue weighted by molar-refractivity contribution is -0.139. The van der Waals surface area contributed by atoms with Crippen molar-refractivity contribution in [3.05, 3.63) is 65.5 Å². The number of carbonyl (C=O) groups excluding carboxylic acids is 2. The van der Waals surface area contributed by atoms with Gasteiger partial charge in [0.05, 0.1) is 12.9 Å². The second-order valence-corrected chi connectivity index (χ2v) is 9.39. The Morgan fingerprint density at radius 1 is 1.09 bits per heavy atom. The number of nitrogens with zero attached hydrogens (tertiary/aromatic N) is 1. The summed E-state index contributed by atoms with van der Waals surface area (Å²) in [6, 6.07) is 13.5. The van der Waals surface area contributed by atoms with Crippen molar-refractivity contribution in [1.82, 2.24) is 10.2 Å². The number of ether oxygens (including phenoxy) is 1.